The number of carbonyl (C=O) groups excluding carboxylic acids is 1. The van der Waals surface area contributed by atoms with Gasteiger partial charge in [-0.1, -0.05) is 13.3 Å². The Kier molecular flexibility index (Phi) is 5.91. The van der Waals surface area contributed by atoms with Crippen LogP contribution in [-0.2, 0) is 14.8 Å². The highest BCUT2D eigenvalue weighted by atomic mass is 32.2. The molecular formula is C20H29N3O3S. The highest BCUT2D eigenvalue weighted by Gasteiger charge is 2.27. The lowest BCUT2D eigenvalue weighted by Crippen LogP contribution is -2.36. The first kappa shape index (κ1) is 19.9. The van der Waals surface area contributed by atoms with Gasteiger partial charge in [-0.2, -0.15) is 4.31 Å². The molecule has 0 radical (unpaired) electrons. The van der Waals surface area contributed by atoms with E-state index in [-0.39, 0.29) is 18.0 Å². The quantitative estimate of drug-likeness (QED) is 0.821. The summed E-state index contributed by atoms with van der Waals surface area (Å²) in [5, 5.41) is 3.80. The van der Waals surface area contributed by atoms with E-state index in [1.807, 2.05) is 43.7 Å². The van der Waals surface area contributed by atoms with Gasteiger partial charge < -0.3 is 9.88 Å². The van der Waals surface area contributed by atoms with Crippen LogP contribution >= 0.6 is 0 Å². The lowest BCUT2D eigenvalue weighted by molar-refractivity contribution is -0.124. The van der Waals surface area contributed by atoms with Gasteiger partial charge in [0.05, 0.1) is 4.90 Å². The highest BCUT2D eigenvalue weighted by Crippen LogP contribution is 2.27. The van der Waals surface area contributed by atoms with Crippen molar-refractivity contribution in [2.75, 3.05) is 13.1 Å². The fraction of sp³-hybridized carbons (Fsp3) is 0.550. The SMILES string of the molecule is CC[C@H](C(=O)NC(C)C)n1ccc2cc(S(=O)(=O)N3CCCCC3)ccc21. The van der Waals surface area contributed by atoms with E-state index in [1.54, 1.807) is 16.4 Å². The maximum atomic E-state index is 12.9. The highest BCUT2D eigenvalue weighted by molar-refractivity contribution is 7.89. The van der Waals surface area contributed by atoms with Crippen molar-refractivity contribution in [1.29, 1.82) is 0 Å². The minimum absolute atomic E-state index is 0.0185. The molecule has 27 heavy (non-hydrogen) atoms. The van der Waals surface area contributed by atoms with Gasteiger partial charge in [-0.3, -0.25) is 4.79 Å². The van der Waals surface area contributed by atoms with Crippen LogP contribution in [0.4, 0.5) is 0 Å². The number of hydrogen-bond acceptors (Lipinski definition) is 3. The Bertz CT molecular complexity index is 912. The van der Waals surface area contributed by atoms with Gasteiger partial charge in [-0.25, -0.2) is 8.42 Å². The lowest BCUT2D eigenvalue weighted by Gasteiger charge is -2.26. The molecule has 1 saturated heterocycles. The number of nitrogens with zero attached hydrogens (tertiary/aromatic N) is 2. The van der Waals surface area contributed by atoms with E-state index in [4.69, 9.17) is 0 Å². The summed E-state index contributed by atoms with van der Waals surface area (Å²) in [6, 6.07) is 6.86. The maximum Gasteiger partial charge on any atom is 0.243 e. The Morgan fingerprint density at radius 1 is 1.15 bits per heavy atom. The number of rotatable bonds is 6. The number of sulfonamides is 1. The number of piperidine rings is 1. The molecule has 1 aromatic heterocycles. The Hall–Kier alpha value is -1.86. The van der Waals surface area contributed by atoms with Gasteiger partial charge in [0.25, 0.3) is 0 Å². The molecule has 2 aromatic rings. The Morgan fingerprint density at radius 2 is 1.85 bits per heavy atom. The molecule has 1 amide bonds. The molecule has 6 nitrogen and oxygen atoms in total. The van der Waals surface area contributed by atoms with E-state index in [0.29, 0.717) is 24.4 Å². The van der Waals surface area contributed by atoms with E-state index in [9.17, 15) is 13.2 Å². The smallest absolute Gasteiger partial charge is 0.243 e. The molecule has 3 rings (SSSR count). The molecule has 1 N–H and O–H groups in total. The minimum atomic E-state index is -3.46. The Morgan fingerprint density at radius 3 is 2.48 bits per heavy atom. The molecule has 2 heterocycles. The first-order valence-corrected chi connectivity index (χ1v) is 11.2. The van der Waals surface area contributed by atoms with Crippen molar-refractivity contribution in [2.45, 2.75) is 63.4 Å². The zero-order chi connectivity index (χ0) is 19.6. The fourth-order valence-corrected chi connectivity index (χ4v) is 5.27. The van der Waals surface area contributed by atoms with Gasteiger partial charge in [-0.15, -0.1) is 0 Å². The van der Waals surface area contributed by atoms with Gasteiger partial charge >= 0.3 is 0 Å². The van der Waals surface area contributed by atoms with Gasteiger partial charge in [0.15, 0.2) is 0 Å². The number of amides is 1. The van der Waals surface area contributed by atoms with E-state index < -0.39 is 10.0 Å². The zero-order valence-electron chi connectivity index (χ0n) is 16.3. The van der Waals surface area contributed by atoms with Crippen LogP contribution in [-0.4, -0.2) is 42.3 Å². The van der Waals surface area contributed by atoms with Crippen LogP contribution in [0.5, 0.6) is 0 Å². The van der Waals surface area contributed by atoms with Crippen molar-refractivity contribution < 1.29 is 13.2 Å². The molecule has 0 unspecified atom stereocenters. The summed E-state index contributed by atoms with van der Waals surface area (Å²) < 4.78 is 29.3. The summed E-state index contributed by atoms with van der Waals surface area (Å²) in [5.74, 6) is -0.0185. The van der Waals surface area contributed by atoms with Crippen LogP contribution in [0.15, 0.2) is 35.4 Å². The van der Waals surface area contributed by atoms with Crippen molar-refractivity contribution in [3.05, 3.63) is 30.5 Å². The van der Waals surface area contributed by atoms with Crippen LogP contribution < -0.4 is 5.32 Å². The van der Waals surface area contributed by atoms with Crippen LogP contribution in [0.3, 0.4) is 0 Å². The molecule has 1 fully saturated rings. The van der Waals surface area contributed by atoms with E-state index in [1.165, 1.54) is 0 Å². The molecule has 148 valence electrons. The summed E-state index contributed by atoms with van der Waals surface area (Å²) in [5.41, 5.74) is 0.873. The molecule has 1 aromatic carbocycles. The lowest BCUT2D eigenvalue weighted by atomic mass is 10.2. The predicted octanol–water partition coefficient (Wildman–Crippen LogP) is 3.29. The summed E-state index contributed by atoms with van der Waals surface area (Å²) in [7, 11) is -3.46. The molecule has 0 spiro atoms. The maximum absolute atomic E-state index is 12.9. The van der Waals surface area contributed by atoms with Gasteiger partial charge in [0, 0.05) is 36.2 Å². The summed E-state index contributed by atoms with van der Waals surface area (Å²) in [6.45, 7) is 7.04. The van der Waals surface area contributed by atoms with Crippen molar-refractivity contribution in [3.8, 4) is 0 Å². The van der Waals surface area contributed by atoms with Crippen molar-refractivity contribution in [1.82, 2.24) is 14.2 Å². The summed E-state index contributed by atoms with van der Waals surface area (Å²) in [4.78, 5) is 12.9. The van der Waals surface area contributed by atoms with E-state index in [0.717, 1.165) is 30.2 Å². The minimum Gasteiger partial charge on any atom is -0.352 e. The predicted molar refractivity (Wildman–Crippen MR) is 107 cm³/mol. The van der Waals surface area contributed by atoms with Gasteiger partial charge in [0.2, 0.25) is 15.9 Å². The van der Waals surface area contributed by atoms with Gasteiger partial charge in [0.1, 0.15) is 6.04 Å². The monoisotopic (exact) mass is 391 g/mol. The normalized spacial score (nSPS) is 17.3. The first-order valence-electron chi connectivity index (χ1n) is 9.75. The number of aromatic nitrogens is 1. The molecule has 0 aliphatic carbocycles. The molecule has 0 saturated carbocycles. The van der Waals surface area contributed by atoms with Crippen molar-refractivity contribution >= 4 is 26.8 Å². The van der Waals surface area contributed by atoms with Crippen LogP contribution in [0.2, 0.25) is 0 Å². The molecule has 1 aliphatic heterocycles. The van der Waals surface area contributed by atoms with E-state index in [2.05, 4.69) is 5.32 Å². The number of benzene rings is 1. The second-order valence-corrected chi connectivity index (χ2v) is 9.43. The third-order valence-corrected chi connectivity index (χ3v) is 7.00. The fourth-order valence-electron chi connectivity index (χ4n) is 3.72. The molecule has 1 aliphatic rings. The Balaban J connectivity index is 1.93. The van der Waals surface area contributed by atoms with Crippen molar-refractivity contribution in [2.24, 2.45) is 0 Å². The molecule has 7 heteroatoms. The van der Waals surface area contributed by atoms with Gasteiger partial charge in [-0.05, 0) is 57.4 Å². The molecule has 1 atom stereocenters. The van der Waals surface area contributed by atoms with E-state index >= 15 is 0 Å². The standard InChI is InChI=1S/C20H29N3O3S/c1-4-18(20(24)21-15(2)3)23-13-10-16-14-17(8-9-19(16)23)27(25,26)22-11-6-5-7-12-22/h8-10,13-15,18H,4-7,11-12H2,1-3H3,(H,21,24)/t18-/m1/s1. The largest absolute Gasteiger partial charge is 0.352 e. The summed E-state index contributed by atoms with van der Waals surface area (Å²) in [6.07, 6.45) is 5.46. The third-order valence-electron chi connectivity index (χ3n) is 5.10. The number of fused-ring (bicyclic) bond motifs is 1. The number of carbonyl (C=O) groups is 1. The first-order chi connectivity index (χ1) is 12.8. The van der Waals surface area contributed by atoms with Crippen LogP contribution in [0, 0.1) is 0 Å². The number of hydrogen-bond donors (Lipinski definition) is 1. The molecular weight excluding hydrogens is 362 g/mol. The molecule has 0 bridgehead atoms. The Labute approximate surface area is 161 Å². The topological polar surface area (TPSA) is 71.4 Å². The average Bonchev–Trinajstić information content (AvgIpc) is 3.05. The number of nitrogens with one attached hydrogen (secondary N) is 1. The average molecular weight is 392 g/mol. The van der Waals surface area contributed by atoms with Crippen molar-refractivity contribution in [3.63, 3.8) is 0 Å². The van der Waals surface area contributed by atoms with Crippen LogP contribution in [0.1, 0.15) is 52.5 Å². The summed E-state index contributed by atoms with van der Waals surface area (Å²) >= 11 is 0. The zero-order valence-corrected chi connectivity index (χ0v) is 17.1. The second-order valence-electron chi connectivity index (χ2n) is 7.50. The third kappa shape index (κ3) is 4.04. The second kappa shape index (κ2) is 8.02. The van der Waals surface area contributed by atoms with Crippen LogP contribution in [0.25, 0.3) is 10.9 Å².